The van der Waals surface area contributed by atoms with E-state index in [4.69, 9.17) is 4.52 Å². The number of nitrogens with one attached hydrogen (secondary N) is 1. The highest BCUT2D eigenvalue weighted by molar-refractivity contribution is 7.89. The number of hydrogen-bond acceptors (Lipinski definition) is 5. The zero-order chi connectivity index (χ0) is 21.2. The second kappa shape index (κ2) is 8.62. The Labute approximate surface area is 170 Å². The van der Waals surface area contributed by atoms with Crippen LogP contribution >= 0.6 is 0 Å². The first kappa shape index (κ1) is 21.4. The monoisotopic (exact) mass is 423 g/mol. The van der Waals surface area contributed by atoms with Gasteiger partial charge in [0.15, 0.2) is 5.76 Å². The molecule has 2 heterocycles. The fourth-order valence-electron chi connectivity index (χ4n) is 3.80. The first-order valence-corrected chi connectivity index (χ1v) is 11.1. The molecule has 0 aliphatic carbocycles. The smallest absolute Gasteiger partial charge is 0.248 e. The number of rotatable bonds is 6. The summed E-state index contributed by atoms with van der Waals surface area (Å²) in [5.74, 6) is -0.334. The van der Waals surface area contributed by atoms with Crippen molar-refractivity contribution in [1.82, 2.24) is 14.8 Å². The first-order chi connectivity index (χ1) is 13.7. The van der Waals surface area contributed by atoms with E-state index >= 15 is 0 Å². The van der Waals surface area contributed by atoms with Crippen LogP contribution in [0.2, 0.25) is 0 Å². The third-order valence-corrected chi connectivity index (χ3v) is 7.68. The molecule has 29 heavy (non-hydrogen) atoms. The van der Waals surface area contributed by atoms with E-state index in [1.165, 1.54) is 16.4 Å². The number of sulfonamides is 1. The maximum atomic E-state index is 13.2. The lowest BCUT2D eigenvalue weighted by Gasteiger charge is -2.33. The molecule has 158 valence electrons. The fourth-order valence-corrected chi connectivity index (χ4v) is 5.56. The van der Waals surface area contributed by atoms with Crippen LogP contribution in [0.25, 0.3) is 0 Å². The molecular formula is C20H26FN3O4S. The molecule has 7 nitrogen and oxygen atoms in total. The third-order valence-electron chi connectivity index (χ3n) is 5.54. The van der Waals surface area contributed by atoms with Gasteiger partial charge in [0.25, 0.3) is 0 Å². The molecule has 1 saturated heterocycles. The minimum absolute atomic E-state index is 0.0821. The largest absolute Gasteiger partial charge is 0.360 e. The molecule has 1 aliphatic rings. The number of hydrogen-bond donors (Lipinski definition) is 1. The SMILES string of the molecule is Cc1noc(C)c1S(=O)(=O)N1CCC([C@H](C)C(=O)NCc2cccc(F)c2)CC1. The van der Waals surface area contributed by atoms with Crippen molar-refractivity contribution in [3.63, 3.8) is 0 Å². The molecule has 0 spiro atoms. The van der Waals surface area contributed by atoms with Crippen molar-refractivity contribution in [2.45, 2.75) is 45.1 Å². The van der Waals surface area contributed by atoms with Gasteiger partial charge in [-0.3, -0.25) is 4.79 Å². The predicted octanol–water partition coefficient (Wildman–Crippen LogP) is 2.78. The molecule has 3 rings (SSSR count). The van der Waals surface area contributed by atoms with E-state index < -0.39 is 10.0 Å². The molecule has 1 N–H and O–H groups in total. The third kappa shape index (κ3) is 4.67. The average Bonchev–Trinajstić information content (AvgIpc) is 3.04. The average molecular weight is 424 g/mol. The van der Waals surface area contributed by atoms with Gasteiger partial charge in [0, 0.05) is 25.6 Å². The highest BCUT2D eigenvalue weighted by atomic mass is 32.2. The number of nitrogens with zero attached hydrogens (tertiary/aromatic N) is 2. The van der Waals surface area contributed by atoms with Crippen molar-refractivity contribution in [3.8, 4) is 0 Å². The molecular weight excluding hydrogens is 397 g/mol. The van der Waals surface area contributed by atoms with Crippen LogP contribution in [0.3, 0.4) is 0 Å². The molecule has 9 heteroatoms. The topological polar surface area (TPSA) is 92.5 Å². The molecule has 2 aromatic rings. The van der Waals surface area contributed by atoms with Crippen molar-refractivity contribution < 1.29 is 22.1 Å². The van der Waals surface area contributed by atoms with Crippen LogP contribution < -0.4 is 5.32 Å². The van der Waals surface area contributed by atoms with Crippen molar-refractivity contribution in [2.24, 2.45) is 11.8 Å². The highest BCUT2D eigenvalue weighted by Crippen LogP contribution is 2.30. The molecule has 0 radical (unpaired) electrons. The Morgan fingerprint density at radius 3 is 2.62 bits per heavy atom. The minimum atomic E-state index is -3.66. The standard InChI is InChI=1S/C20H26FN3O4S/c1-13(20(25)22-12-16-5-4-6-18(21)11-16)17-7-9-24(10-8-17)29(26,27)19-14(2)23-28-15(19)3/h4-6,11,13,17H,7-10,12H2,1-3H3,(H,22,25)/t13-/m0/s1. The van der Waals surface area contributed by atoms with E-state index in [1.807, 2.05) is 6.92 Å². The van der Waals surface area contributed by atoms with Crippen LogP contribution in [-0.4, -0.2) is 36.9 Å². The molecule has 1 aliphatic heterocycles. The maximum absolute atomic E-state index is 13.2. The van der Waals surface area contributed by atoms with Crippen LogP contribution in [0.5, 0.6) is 0 Å². The van der Waals surface area contributed by atoms with Gasteiger partial charge in [0.2, 0.25) is 15.9 Å². The van der Waals surface area contributed by atoms with Gasteiger partial charge in [-0.1, -0.05) is 24.2 Å². The number of halogens is 1. The quantitative estimate of drug-likeness (QED) is 0.771. The van der Waals surface area contributed by atoms with Gasteiger partial charge in [-0.15, -0.1) is 0 Å². The summed E-state index contributed by atoms with van der Waals surface area (Å²) in [5, 5.41) is 6.58. The number of piperidine rings is 1. The number of aromatic nitrogens is 1. The Hall–Kier alpha value is -2.26. The van der Waals surface area contributed by atoms with E-state index in [0.29, 0.717) is 37.2 Å². The second-order valence-corrected chi connectivity index (χ2v) is 9.41. The van der Waals surface area contributed by atoms with Gasteiger partial charge in [-0.25, -0.2) is 12.8 Å². The van der Waals surface area contributed by atoms with Crippen molar-refractivity contribution >= 4 is 15.9 Å². The summed E-state index contributed by atoms with van der Waals surface area (Å²) in [6.07, 6.45) is 1.19. The molecule has 1 aromatic heterocycles. The number of amides is 1. The Morgan fingerprint density at radius 2 is 2.03 bits per heavy atom. The Morgan fingerprint density at radius 1 is 1.34 bits per heavy atom. The summed E-state index contributed by atoms with van der Waals surface area (Å²) in [7, 11) is -3.66. The Bertz CT molecular complexity index is 962. The summed E-state index contributed by atoms with van der Waals surface area (Å²) >= 11 is 0. The molecule has 1 fully saturated rings. The second-order valence-electron chi connectivity index (χ2n) is 7.53. The van der Waals surface area contributed by atoms with Crippen LogP contribution in [0.4, 0.5) is 4.39 Å². The van der Waals surface area contributed by atoms with Crippen LogP contribution in [0.1, 0.15) is 36.8 Å². The van der Waals surface area contributed by atoms with Crippen molar-refractivity contribution in [2.75, 3.05) is 13.1 Å². The van der Waals surface area contributed by atoms with Crippen LogP contribution in [0.15, 0.2) is 33.7 Å². The van der Waals surface area contributed by atoms with Gasteiger partial charge in [0.05, 0.1) is 0 Å². The summed E-state index contributed by atoms with van der Waals surface area (Å²) in [5.41, 5.74) is 1.06. The lowest BCUT2D eigenvalue weighted by Crippen LogP contribution is -2.42. The number of aryl methyl sites for hydroxylation is 2. The number of benzene rings is 1. The fraction of sp³-hybridized carbons (Fsp3) is 0.500. The van der Waals surface area contributed by atoms with E-state index in [1.54, 1.807) is 26.0 Å². The lowest BCUT2D eigenvalue weighted by molar-refractivity contribution is -0.126. The van der Waals surface area contributed by atoms with E-state index in [2.05, 4.69) is 10.5 Å². The van der Waals surface area contributed by atoms with Crippen molar-refractivity contribution in [1.29, 1.82) is 0 Å². The zero-order valence-electron chi connectivity index (χ0n) is 16.8. The predicted molar refractivity (Wildman–Crippen MR) is 105 cm³/mol. The number of carbonyl (C=O) groups excluding carboxylic acids is 1. The minimum Gasteiger partial charge on any atom is -0.360 e. The molecule has 1 amide bonds. The van der Waals surface area contributed by atoms with Crippen LogP contribution in [-0.2, 0) is 21.4 Å². The van der Waals surface area contributed by atoms with E-state index in [-0.39, 0.29) is 40.8 Å². The molecule has 1 aromatic carbocycles. The maximum Gasteiger partial charge on any atom is 0.248 e. The molecule has 0 saturated carbocycles. The normalized spacial score (nSPS) is 17.2. The Balaban J connectivity index is 1.56. The first-order valence-electron chi connectivity index (χ1n) is 9.65. The summed E-state index contributed by atoms with van der Waals surface area (Å²) in [6.45, 7) is 6.01. The van der Waals surface area contributed by atoms with E-state index in [0.717, 1.165) is 0 Å². The number of carbonyl (C=O) groups is 1. The summed E-state index contributed by atoms with van der Waals surface area (Å²) < 4.78 is 45.5. The summed E-state index contributed by atoms with van der Waals surface area (Å²) in [6, 6.07) is 6.11. The highest BCUT2D eigenvalue weighted by Gasteiger charge is 2.36. The Kier molecular flexibility index (Phi) is 6.38. The van der Waals surface area contributed by atoms with Crippen LogP contribution in [0, 0.1) is 31.5 Å². The molecule has 0 bridgehead atoms. The van der Waals surface area contributed by atoms with Crippen molar-refractivity contribution in [3.05, 3.63) is 47.1 Å². The van der Waals surface area contributed by atoms with Gasteiger partial charge in [0.1, 0.15) is 16.4 Å². The molecule has 1 atom stereocenters. The lowest BCUT2D eigenvalue weighted by atomic mass is 9.85. The molecule has 0 unspecified atom stereocenters. The summed E-state index contributed by atoms with van der Waals surface area (Å²) in [4.78, 5) is 12.6. The van der Waals surface area contributed by atoms with Gasteiger partial charge in [-0.05, 0) is 50.3 Å². The van der Waals surface area contributed by atoms with Gasteiger partial charge < -0.3 is 9.84 Å². The van der Waals surface area contributed by atoms with Gasteiger partial charge >= 0.3 is 0 Å². The van der Waals surface area contributed by atoms with E-state index in [9.17, 15) is 17.6 Å². The zero-order valence-corrected chi connectivity index (χ0v) is 17.6. The van der Waals surface area contributed by atoms with Gasteiger partial charge in [-0.2, -0.15) is 4.31 Å².